The summed E-state index contributed by atoms with van der Waals surface area (Å²) in [6.07, 6.45) is 2.21. The van der Waals surface area contributed by atoms with Gasteiger partial charge in [-0.1, -0.05) is 18.7 Å². The van der Waals surface area contributed by atoms with E-state index in [0.717, 1.165) is 12.2 Å². The maximum Gasteiger partial charge on any atom is 0.331 e. The van der Waals surface area contributed by atoms with Gasteiger partial charge in [-0.25, -0.2) is 9.18 Å². The number of hydrogen-bond acceptors (Lipinski definition) is 1. The molecule has 0 bridgehead atoms. The van der Waals surface area contributed by atoms with E-state index in [-0.39, 0.29) is 12.0 Å². The van der Waals surface area contributed by atoms with Crippen LogP contribution in [-0.2, 0) is 4.79 Å². The third-order valence-electron chi connectivity index (χ3n) is 1.22. The molecule has 2 nitrogen and oxygen atoms in total. The predicted molar refractivity (Wildman–Crippen MR) is 45.6 cm³/mol. The number of carboxylic acids is 1. The van der Waals surface area contributed by atoms with Crippen LogP contribution in [-0.4, -0.2) is 17.2 Å². The normalized spacial score (nSPS) is 13.6. The Balaban J connectivity index is 4.47. The zero-order valence-electron chi connectivity index (χ0n) is 6.66. The lowest BCUT2D eigenvalue weighted by Gasteiger charge is -1.98. The Morgan fingerprint density at radius 3 is 2.50 bits per heavy atom. The molecule has 66 valence electrons. The molecule has 0 aromatic heterocycles. The molecule has 0 aromatic carbocycles. The summed E-state index contributed by atoms with van der Waals surface area (Å²) in [7, 11) is 0. The fourth-order valence-corrected chi connectivity index (χ4v) is 0.642. The topological polar surface area (TPSA) is 37.3 Å². The van der Waals surface area contributed by atoms with Crippen LogP contribution in [0.3, 0.4) is 0 Å². The number of halogens is 1. The van der Waals surface area contributed by atoms with Gasteiger partial charge >= 0.3 is 5.97 Å². The molecule has 0 amide bonds. The first kappa shape index (κ1) is 10.6. The second-order valence-corrected chi connectivity index (χ2v) is 2.17. The van der Waals surface area contributed by atoms with E-state index in [9.17, 15) is 9.18 Å². The number of alkyl halides is 1. The SMILES string of the molecule is C=CCC(=CC(F)C=C)C(=O)O. The van der Waals surface area contributed by atoms with Gasteiger partial charge in [0, 0.05) is 5.57 Å². The molecule has 0 heterocycles. The van der Waals surface area contributed by atoms with Crippen molar-refractivity contribution in [1.82, 2.24) is 0 Å². The maximum atomic E-state index is 12.6. The highest BCUT2D eigenvalue weighted by atomic mass is 19.1. The first-order valence-electron chi connectivity index (χ1n) is 3.43. The first-order valence-corrected chi connectivity index (χ1v) is 3.43. The van der Waals surface area contributed by atoms with E-state index in [4.69, 9.17) is 5.11 Å². The maximum absolute atomic E-state index is 12.6. The Morgan fingerprint density at radius 1 is 1.58 bits per heavy atom. The molecular formula is C9H11FO2. The second-order valence-electron chi connectivity index (χ2n) is 2.17. The Hall–Kier alpha value is -1.38. The lowest BCUT2D eigenvalue weighted by atomic mass is 10.1. The summed E-state index contributed by atoms with van der Waals surface area (Å²) in [5, 5.41) is 8.53. The van der Waals surface area contributed by atoms with Gasteiger partial charge in [-0.3, -0.25) is 0 Å². The molecule has 1 unspecified atom stereocenters. The van der Waals surface area contributed by atoms with Crippen molar-refractivity contribution >= 4 is 5.97 Å². The zero-order valence-corrected chi connectivity index (χ0v) is 6.66. The molecule has 12 heavy (non-hydrogen) atoms. The quantitative estimate of drug-likeness (QED) is 0.506. The molecule has 1 atom stereocenters. The lowest BCUT2D eigenvalue weighted by molar-refractivity contribution is -0.132. The number of allylic oxidation sites excluding steroid dienone is 3. The van der Waals surface area contributed by atoms with Crippen molar-refractivity contribution in [3.05, 3.63) is 37.0 Å². The number of carbonyl (C=O) groups is 1. The molecule has 0 rings (SSSR count). The molecule has 0 saturated carbocycles. The van der Waals surface area contributed by atoms with Crippen LogP contribution in [0.2, 0.25) is 0 Å². The smallest absolute Gasteiger partial charge is 0.331 e. The van der Waals surface area contributed by atoms with Gasteiger partial charge in [0.15, 0.2) is 0 Å². The Morgan fingerprint density at radius 2 is 2.17 bits per heavy atom. The lowest BCUT2D eigenvalue weighted by Crippen LogP contribution is -2.02. The second kappa shape index (κ2) is 5.29. The van der Waals surface area contributed by atoms with Crippen molar-refractivity contribution < 1.29 is 14.3 Å². The molecule has 1 N–H and O–H groups in total. The molecule has 0 fully saturated rings. The molecule has 0 spiro atoms. The van der Waals surface area contributed by atoms with Crippen LogP contribution in [0.5, 0.6) is 0 Å². The van der Waals surface area contributed by atoms with Gasteiger partial charge in [-0.15, -0.1) is 6.58 Å². The summed E-state index contributed by atoms with van der Waals surface area (Å²) in [5.41, 5.74) is -0.00241. The number of carboxylic acid groups (broad SMARTS) is 1. The van der Waals surface area contributed by atoms with Crippen molar-refractivity contribution in [2.75, 3.05) is 0 Å². The first-order chi connectivity index (χ1) is 5.61. The summed E-state index contributed by atoms with van der Waals surface area (Å²) < 4.78 is 12.6. The third-order valence-corrected chi connectivity index (χ3v) is 1.22. The van der Waals surface area contributed by atoms with E-state index in [2.05, 4.69) is 13.2 Å². The Bertz CT molecular complexity index is 219. The van der Waals surface area contributed by atoms with Crippen LogP contribution in [0, 0.1) is 0 Å². The predicted octanol–water partition coefficient (Wildman–Crippen LogP) is 2.10. The monoisotopic (exact) mass is 170 g/mol. The van der Waals surface area contributed by atoms with Gasteiger partial charge in [-0.05, 0) is 12.5 Å². The van der Waals surface area contributed by atoms with Crippen LogP contribution < -0.4 is 0 Å². The summed E-state index contributed by atoms with van der Waals surface area (Å²) in [4.78, 5) is 10.4. The summed E-state index contributed by atoms with van der Waals surface area (Å²) in [6, 6.07) is 0. The zero-order chi connectivity index (χ0) is 9.56. The average molecular weight is 170 g/mol. The van der Waals surface area contributed by atoms with E-state index in [1.165, 1.54) is 6.08 Å². The molecule has 0 radical (unpaired) electrons. The molecular weight excluding hydrogens is 159 g/mol. The standard InChI is InChI=1S/C9H11FO2/c1-3-5-7(9(11)12)6-8(10)4-2/h3-4,6,8H,1-2,5H2,(H,11,12). The van der Waals surface area contributed by atoms with Gasteiger partial charge in [0.05, 0.1) is 0 Å². The van der Waals surface area contributed by atoms with Gasteiger partial charge in [0.1, 0.15) is 6.17 Å². The van der Waals surface area contributed by atoms with Crippen molar-refractivity contribution in [2.45, 2.75) is 12.6 Å². The number of hydrogen-bond donors (Lipinski definition) is 1. The highest BCUT2D eigenvalue weighted by molar-refractivity contribution is 5.87. The molecule has 0 aromatic rings. The molecule has 0 saturated heterocycles. The fraction of sp³-hybridized carbons (Fsp3) is 0.222. The van der Waals surface area contributed by atoms with Crippen LogP contribution in [0.4, 0.5) is 4.39 Å². The summed E-state index contributed by atoms with van der Waals surface area (Å²) in [5.74, 6) is -1.13. The molecule has 0 aliphatic carbocycles. The largest absolute Gasteiger partial charge is 0.478 e. The number of rotatable bonds is 5. The summed E-state index contributed by atoms with van der Waals surface area (Å²) in [6.45, 7) is 6.56. The van der Waals surface area contributed by atoms with E-state index >= 15 is 0 Å². The average Bonchev–Trinajstić information content (AvgIpc) is 2.03. The summed E-state index contributed by atoms with van der Waals surface area (Å²) >= 11 is 0. The van der Waals surface area contributed by atoms with Crippen LogP contribution in [0.1, 0.15) is 6.42 Å². The Kier molecular flexibility index (Phi) is 4.69. The Labute approximate surface area is 70.7 Å². The molecule has 0 aliphatic rings. The molecule has 0 aliphatic heterocycles. The van der Waals surface area contributed by atoms with Crippen LogP contribution in [0.15, 0.2) is 37.0 Å². The minimum Gasteiger partial charge on any atom is -0.478 e. The van der Waals surface area contributed by atoms with Gasteiger partial charge in [-0.2, -0.15) is 0 Å². The van der Waals surface area contributed by atoms with Crippen molar-refractivity contribution in [3.8, 4) is 0 Å². The van der Waals surface area contributed by atoms with Gasteiger partial charge in [0.25, 0.3) is 0 Å². The van der Waals surface area contributed by atoms with Gasteiger partial charge < -0.3 is 5.11 Å². The van der Waals surface area contributed by atoms with Crippen LogP contribution >= 0.6 is 0 Å². The van der Waals surface area contributed by atoms with Gasteiger partial charge in [0.2, 0.25) is 0 Å². The van der Waals surface area contributed by atoms with E-state index in [0.29, 0.717) is 0 Å². The minimum absolute atomic E-state index is 0.00241. The number of aliphatic carboxylic acids is 1. The van der Waals surface area contributed by atoms with E-state index in [1.807, 2.05) is 0 Å². The highest BCUT2D eigenvalue weighted by Gasteiger charge is 2.07. The highest BCUT2D eigenvalue weighted by Crippen LogP contribution is 2.06. The molecule has 3 heteroatoms. The third kappa shape index (κ3) is 3.71. The fourth-order valence-electron chi connectivity index (χ4n) is 0.642. The van der Waals surface area contributed by atoms with Crippen LogP contribution in [0.25, 0.3) is 0 Å². The van der Waals surface area contributed by atoms with Crippen molar-refractivity contribution in [3.63, 3.8) is 0 Å². The minimum atomic E-state index is -1.41. The van der Waals surface area contributed by atoms with E-state index in [1.54, 1.807) is 0 Å². The van der Waals surface area contributed by atoms with Crippen molar-refractivity contribution in [2.24, 2.45) is 0 Å². The van der Waals surface area contributed by atoms with Crippen molar-refractivity contribution in [1.29, 1.82) is 0 Å². The van der Waals surface area contributed by atoms with E-state index < -0.39 is 12.1 Å².